The predicted octanol–water partition coefficient (Wildman–Crippen LogP) is 2.34. The zero-order chi connectivity index (χ0) is 13.2. The summed E-state index contributed by atoms with van der Waals surface area (Å²) in [4.78, 5) is 0. The van der Waals surface area contributed by atoms with E-state index >= 15 is 0 Å². The molecule has 0 radical (unpaired) electrons. The number of nitrogens with one attached hydrogen (secondary N) is 1. The molecule has 2 N–H and O–H groups in total. The Bertz CT molecular complexity index is 299. The SMILES string of the molecule is CCC(CC)NCC(O)COCc1ccccc1. The molecule has 3 nitrogen and oxygen atoms in total. The monoisotopic (exact) mass is 251 g/mol. The Kier molecular flexibility index (Phi) is 7.65. The minimum Gasteiger partial charge on any atom is -0.389 e. The van der Waals surface area contributed by atoms with Gasteiger partial charge in [0.25, 0.3) is 0 Å². The maximum Gasteiger partial charge on any atom is 0.0897 e. The molecule has 0 spiro atoms. The lowest BCUT2D eigenvalue weighted by atomic mass is 10.1. The number of benzene rings is 1. The number of ether oxygens (including phenoxy) is 1. The summed E-state index contributed by atoms with van der Waals surface area (Å²) < 4.78 is 5.49. The number of hydrogen-bond acceptors (Lipinski definition) is 3. The topological polar surface area (TPSA) is 41.5 Å². The molecule has 3 heteroatoms. The Morgan fingerprint density at radius 2 is 1.83 bits per heavy atom. The second-order valence-electron chi connectivity index (χ2n) is 4.58. The van der Waals surface area contributed by atoms with Crippen molar-refractivity contribution in [3.8, 4) is 0 Å². The van der Waals surface area contributed by atoms with Crippen molar-refractivity contribution in [3.63, 3.8) is 0 Å². The number of aliphatic hydroxyl groups is 1. The van der Waals surface area contributed by atoms with Crippen molar-refractivity contribution in [2.24, 2.45) is 0 Å². The van der Waals surface area contributed by atoms with Crippen LogP contribution >= 0.6 is 0 Å². The minimum atomic E-state index is -0.436. The summed E-state index contributed by atoms with van der Waals surface area (Å²) in [7, 11) is 0. The second-order valence-corrected chi connectivity index (χ2v) is 4.58. The molecule has 0 amide bonds. The molecular formula is C15H25NO2. The van der Waals surface area contributed by atoms with Gasteiger partial charge in [0.2, 0.25) is 0 Å². The molecule has 0 saturated heterocycles. The molecule has 0 bridgehead atoms. The molecule has 1 aromatic rings. The zero-order valence-electron chi connectivity index (χ0n) is 11.4. The van der Waals surface area contributed by atoms with E-state index in [-0.39, 0.29) is 0 Å². The Morgan fingerprint density at radius 3 is 2.44 bits per heavy atom. The molecule has 1 unspecified atom stereocenters. The van der Waals surface area contributed by atoms with Crippen molar-refractivity contribution in [2.75, 3.05) is 13.2 Å². The molecule has 102 valence electrons. The Balaban J connectivity index is 2.12. The third-order valence-electron chi connectivity index (χ3n) is 3.05. The molecule has 1 aromatic carbocycles. The van der Waals surface area contributed by atoms with Crippen LogP contribution in [0.4, 0.5) is 0 Å². The van der Waals surface area contributed by atoms with Gasteiger partial charge in [-0.15, -0.1) is 0 Å². The van der Waals surface area contributed by atoms with Crippen molar-refractivity contribution in [3.05, 3.63) is 35.9 Å². The molecule has 0 aliphatic rings. The van der Waals surface area contributed by atoms with E-state index in [1.807, 2.05) is 30.3 Å². The van der Waals surface area contributed by atoms with Gasteiger partial charge in [0.05, 0.1) is 19.3 Å². The summed E-state index contributed by atoms with van der Waals surface area (Å²) in [6.45, 7) is 5.84. The van der Waals surface area contributed by atoms with Crippen molar-refractivity contribution < 1.29 is 9.84 Å². The van der Waals surface area contributed by atoms with Crippen LogP contribution in [0.2, 0.25) is 0 Å². The van der Waals surface area contributed by atoms with E-state index in [2.05, 4.69) is 19.2 Å². The number of aliphatic hydroxyl groups excluding tert-OH is 1. The Hall–Kier alpha value is -0.900. The molecule has 18 heavy (non-hydrogen) atoms. The van der Waals surface area contributed by atoms with E-state index in [0.717, 1.165) is 18.4 Å². The number of rotatable bonds is 9. The first-order chi connectivity index (χ1) is 8.76. The average Bonchev–Trinajstić information content (AvgIpc) is 2.41. The first-order valence-electron chi connectivity index (χ1n) is 6.79. The summed E-state index contributed by atoms with van der Waals surface area (Å²) in [6, 6.07) is 10.5. The second kappa shape index (κ2) is 9.09. The molecular weight excluding hydrogens is 226 g/mol. The minimum absolute atomic E-state index is 0.377. The highest BCUT2D eigenvalue weighted by molar-refractivity contribution is 5.13. The third-order valence-corrected chi connectivity index (χ3v) is 3.05. The van der Waals surface area contributed by atoms with Crippen LogP contribution in [0.1, 0.15) is 32.3 Å². The maximum absolute atomic E-state index is 9.78. The summed E-state index contributed by atoms with van der Waals surface area (Å²) >= 11 is 0. The van der Waals surface area contributed by atoms with Gasteiger partial charge in [-0.25, -0.2) is 0 Å². The summed E-state index contributed by atoms with van der Waals surface area (Å²) in [5.74, 6) is 0. The van der Waals surface area contributed by atoms with Crippen LogP contribution in [0.15, 0.2) is 30.3 Å². The van der Waals surface area contributed by atoms with E-state index in [4.69, 9.17) is 4.74 Å². The van der Waals surface area contributed by atoms with Crippen LogP contribution in [0, 0.1) is 0 Å². The van der Waals surface area contributed by atoms with E-state index in [0.29, 0.717) is 25.8 Å². The first kappa shape index (κ1) is 15.2. The van der Waals surface area contributed by atoms with Crippen molar-refractivity contribution in [1.29, 1.82) is 0 Å². The molecule has 0 saturated carbocycles. The molecule has 0 aliphatic carbocycles. The summed E-state index contributed by atoms with van der Waals surface area (Å²) in [5.41, 5.74) is 1.14. The lowest BCUT2D eigenvalue weighted by molar-refractivity contribution is 0.0275. The number of hydrogen-bond donors (Lipinski definition) is 2. The van der Waals surface area contributed by atoms with Crippen LogP contribution in [-0.2, 0) is 11.3 Å². The fourth-order valence-electron chi connectivity index (χ4n) is 1.83. The van der Waals surface area contributed by atoms with Crippen molar-refractivity contribution >= 4 is 0 Å². The molecule has 0 fully saturated rings. The highest BCUT2D eigenvalue weighted by atomic mass is 16.5. The largest absolute Gasteiger partial charge is 0.389 e. The van der Waals surface area contributed by atoms with E-state index < -0.39 is 6.10 Å². The van der Waals surface area contributed by atoms with Crippen LogP contribution in [0.3, 0.4) is 0 Å². The van der Waals surface area contributed by atoms with E-state index in [9.17, 15) is 5.11 Å². The van der Waals surface area contributed by atoms with Crippen LogP contribution in [0.25, 0.3) is 0 Å². The van der Waals surface area contributed by atoms with E-state index in [1.54, 1.807) is 0 Å². The molecule has 1 rings (SSSR count). The van der Waals surface area contributed by atoms with Crippen molar-refractivity contribution in [2.45, 2.75) is 45.4 Å². The van der Waals surface area contributed by atoms with Crippen molar-refractivity contribution in [1.82, 2.24) is 5.32 Å². The highest BCUT2D eigenvalue weighted by Crippen LogP contribution is 2.01. The fraction of sp³-hybridized carbons (Fsp3) is 0.600. The van der Waals surface area contributed by atoms with Gasteiger partial charge in [0.15, 0.2) is 0 Å². The van der Waals surface area contributed by atoms with Gasteiger partial charge in [-0.1, -0.05) is 44.2 Å². The highest BCUT2D eigenvalue weighted by Gasteiger charge is 2.07. The summed E-state index contributed by atoms with van der Waals surface area (Å²) in [5, 5.41) is 13.1. The maximum atomic E-state index is 9.78. The van der Waals surface area contributed by atoms with Gasteiger partial charge in [-0.2, -0.15) is 0 Å². The van der Waals surface area contributed by atoms with Gasteiger partial charge in [0.1, 0.15) is 0 Å². The summed E-state index contributed by atoms with van der Waals surface area (Å²) in [6.07, 6.45) is 1.75. The average molecular weight is 251 g/mol. The fourth-order valence-corrected chi connectivity index (χ4v) is 1.83. The predicted molar refractivity (Wildman–Crippen MR) is 74.5 cm³/mol. The van der Waals surface area contributed by atoms with Crippen LogP contribution in [-0.4, -0.2) is 30.4 Å². The van der Waals surface area contributed by atoms with Gasteiger partial charge in [-0.3, -0.25) is 0 Å². The lowest BCUT2D eigenvalue weighted by Gasteiger charge is -2.18. The molecule has 0 aromatic heterocycles. The first-order valence-corrected chi connectivity index (χ1v) is 6.79. The van der Waals surface area contributed by atoms with Crippen LogP contribution < -0.4 is 5.32 Å². The quantitative estimate of drug-likeness (QED) is 0.708. The smallest absolute Gasteiger partial charge is 0.0897 e. The van der Waals surface area contributed by atoms with Gasteiger partial charge in [0, 0.05) is 12.6 Å². The van der Waals surface area contributed by atoms with Crippen LogP contribution in [0.5, 0.6) is 0 Å². The van der Waals surface area contributed by atoms with Gasteiger partial charge in [-0.05, 0) is 18.4 Å². The molecule has 0 heterocycles. The van der Waals surface area contributed by atoms with E-state index in [1.165, 1.54) is 0 Å². The lowest BCUT2D eigenvalue weighted by Crippen LogP contribution is -2.36. The standard InChI is InChI=1S/C15H25NO2/c1-3-14(4-2)16-10-15(17)12-18-11-13-8-6-5-7-9-13/h5-9,14-17H,3-4,10-12H2,1-2H3. The normalized spacial score (nSPS) is 12.9. The Morgan fingerprint density at radius 1 is 1.17 bits per heavy atom. The Labute approximate surface area is 110 Å². The third kappa shape index (κ3) is 6.15. The van der Waals surface area contributed by atoms with Gasteiger partial charge >= 0.3 is 0 Å². The zero-order valence-corrected chi connectivity index (χ0v) is 11.4. The molecule has 1 atom stereocenters. The van der Waals surface area contributed by atoms with Gasteiger partial charge < -0.3 is 15.2 Å². The molecule has 0 aliphatic heterocycles.